The Morgan fingerprint density at radius 3 is 2.48 bits per heavy atom. The number of aliphatic hydroxyl groups excluding tert-OH is 1. The molecule has 3 unspecified atom stereocenters. The lowest BCUT2D eigenvalue weighted by atomic mass is 9.70. The van der Waals surface area contributed by atoms with E-state index in [-0.39, 0.29) is 34.4 Å². The summed E-state index contributed by atoms with van der Waals surface area (Å²) in [7, 11) is 0. The van der Waals surface area contributed by atoms with E-state index < -0.39 is 28.7 Å². The lowest BCUT2D eigenvalue weighted by Gasteiger charge is -2.40. The molecule has 3 amide bonds. The van der Waals surface area contributed by atoms with Crippen LogP contribution in [0, 0.1) is 11.8 Å². The smallest absolute Gasteiger partial charge is 0.247 e. The maximum Gasteiger partial charge on any atom is 0.247 e. The van der Waals surface area contributed by atoms with E-state index in [0.717, 1.165) is 18.7 Å². The Kier molecular flexibility index (Phi) is 10.9. The van der Waals surface area contributed by atoms with Gasteiger partial charge in [-0.05, 0) is 18.4 Å². The number of morpholine rings is 1. The molecule has 0 aromatic heterocycles. The predicted molar refractivity (Wildman–Crippen MR) is 176 cm³/mol. The Balaban J connectivity index is 1.49. The summed E-state index contributed by atoms with van der Waals surface area (Å²) in [6, 6.07) is 8.53. The quantitative estimate of drug-likeness (QED) is 0.237. The fraction of sp³-hybridized carbons (Fsp3) is 0.606. The van der Waals surface area contributed by atoms with Crippen LogP contribution in [0.15, 0.2) is 55.6 Å². The molecule has 44 heavy (non-hydrogen) atoms. The van der Waals surface area contributed by atoms with Gasteiger partial charge in [0.1, 0.15) is 6.04 Å². The highest BCUT2D eigenvalue weighted by Crippen LogP contribution is 2.68. The van der Waals surface area contributed by atoms with Crippen LogP contribution in [0.25, 0.3) is 0 Å². The van der Waals surface area contributed by atoms with Crippen molar-refractivity contribution in [3.05, 3.63) is 61.2 Å². The molecule has 4 aliphatic heterocycles. The Hall–Kier alpha value is -2.18. The normalized spacial score (nSPS) is 30.2. The number of aliphatic hydroxyl groups is 1. The van der Waals surface area contributed by atoms with Gasteiger partial charge < -0.3 is 24.5 Å². The molecule has 7 atom stereocenters. The molecular weight excluding hydrogens is 644 g/mol. The van der Waals surface area contributed by atoms with Crippen molar-refractivity contribution in [2.75, 3.05) is 59.1 Å². The van der Waals surface area contributed by atoms with Crippen LogP contribution in [0.3, 0.4) is 0 Å². The van der Waals surface area contributed by atoms with Gasteiger partial charge in [-0.25, -0.2) is 0 Å². The predicted octanol–water partition coefficient (Wildman–Crippen LogP) is 2.78. The highest BCUT2D eigenvalue weighted by molar-refractivity contribution is 9.09. The molecule has 240 valence electrons. The minimum absolute atomic E-state index is 0.0292. The number of benzene rings is 1. The van der Waals surface area contributed by atoms with Crippen LogP contribution in [-0.2, 0) is 25.7 Å². The maximum atomic E-state index is 14.7. The average molecular weight is 690 g/mol. The first-order chi connectivity index (χ1) is 21.3. The summed E-state index contributed by atoms with van der Waals surface area (Å²) in [6.07, 6.45) is 4.55. The minimum Gasteiger partial charge on any atom is -0.394 e. The molecule has 4 aliphatic rings. The van der Waals surface area contributed by atoms with E-state index in [1.54, 1.807) is 38.6 Å². The van der Waals surface area contributed by atoms with Gasteiger partial charge in [0.2, 0.25) is 17.7 Å². The number of carbonyl (C=O) groups is 3. The van der Waals surface area contributed by atoms with E-state index in [4.69, 9.17) is 4.74 Å². The van der Waals surface area contributed by atoms with Crippen molar-refractivity contribution in [2.45, 2.75) is 53.2 Å². The number of amides is 3. The van der Waals surface area contributed by atoms with Crippen molar-refractivity contribution < 1.29 is 24.2 Å². The second-order valence-corrected chi connectivity index (χ2v) is 14.9. The second kappa shape index (κ2) is 14.5. The van der Waals surface area contributed by atoms with E-state index in [1.165, 1.54) is 0 Å². The molecule has 5 rings (SSSR count). The summed E-state index contributed by atoms with van der Waals surface area (Å²) in [5.41, 5.74) is 1.00. The van der Waals surface area contributed by atoms with Crippen LogP contribution in [0.1, 0.15) is 25.3 Å². The number of hydrogen-bond donors (Lipinski definition) is 1. The molecule has 1 N–H and O–H groups in total. The minimum atomic E-state index is -0.781. The molecule has 0 saturated carbocycles. The average Bonchev–Trinajstić information content (AvgIpc) is 3.63. The number of nitrogens with zero attached hydrogens (tertiary/aromatic N) is 4. The Bertz CT molecular complexity index is 1210. The fourth-order valence-electron chi connectivity index (χ4n) is 7.55. The van der Waals surface area contributed by atoms with Gasteiger partial charge in [0, 0.05) is 55.9 Å². The first-order valence-corrected chi connectivity index (χ1v) is 17.5. The molecule has 2 bridgehead atoms. The van der Waals surface area contributed by atoms with Crippen LogP contribution in [0.2, 0.25) is 0 Å². The number of thioether (sulfide) groups is 1. The van der Waals surface area contributed by atoms with E-state index in [1.807, 2.05) is 37.3 Å². The van der Waals surface area contributed by atoms with Gasteiger partial charge in [0.25, 0.3) is 0 Å². The monoisotopic (exact) mass is 688 g/mol. The highest BCUT2D eigenvalue weighted by Gasteiger charge is 2.76. The molecule has 0 radical (unpaired) electrons. The Labute approximate surface area is 273 Å². The summed E-state index contributed by atoms with van der Waals surface area (Å²) in [6.45, 7) is 14.8. The van der Waals surface area contributed by atoms with Crippen molar-refractivity contribution in [3.8, 4) is 0 Å². The largest absolute Gasteiger partial charge is 0.394 e. The molecule has 0 aliphatic carbocycles. The van der Waals surface area contributed by atoms with Crippen molar-refractivity contribution in [1.29, 1.82) is 0 Å². The number of ether oxygens (including phenoxy) is 1. The Morgan fingerprint density at radius 2 is 1.84 bits per heavy atom. The second-order valence-electron chi connectivity index (χ2n) is 12.2. The summed E-state index contributed by atoms with van der Waals surface area (Å²) in [4.78, 5) is 51.2. The van der Waals surface area contributed by atoms with Crippen molar-refractivity contribution in [1.82, 2.24) is 19.6 Å². The third-order valence-corrected chi connectivity index (χ3v) is 12.9. The third-order valence-electron chi connectivity index (χ3n) is 9.65. The van der Waals surface area contributed by atoms with Gasteiger partial charge in [-0.15, -0.1) is 24.9 Å². The number of halogens is 1. The number of likely N-dealkylation sites (tertiary alicyclic amines) is 1. The van der Waals surface area contributed by atoms with Crippen LogP contribution in [0.5, 0.6) is 0 Å². The topological polar surface area (TPSA) is 93.6 Å². The molecule has 1 aromatic carbocycles. The zero-order valence-electron chi connectivity index (χ0n) is 25.6. The van der Waals surface area contributed by atoms with Crippen LogP contribution >= 0.6 is 27.7 Å². The number of hydrogen-bond acceptors (Lipinski definition) is 7. The summed E-state index contributed by atoms with van der Waals surface area (Å²) < 4.78 is 4.72. The lowest BCUT2D eigenvalue weighted by Crippen LogP contribution is -2.58. The van der Waals surface area contributed by atoms with Gasteiger partial charge in [0.05, 0.1) is 42.4 Å². The number of carbonyl (C=O) groups excluding carboxylic acids is 3. The van der Waals surface area contributed by atoms with E-state index in [0.29, 0.717) is 58.8 Å². The number of rotatable bonds is 14. The van der Waals surface area contributed by atoms with Crippen LogP contribution < -0.4 is 0 Å². The SMILES string of the molecule is C=CCN(CCN1CCOCC1)C(=O)C1N([C@@H](CC)CO)C(=O)[C@@H]2[C@@H](C(=O)N(CC=C)Cc3ccccc3)[C@@H]3SC12CC3Br. The Morgan fingerprint density at radius 1 is 1.16 bits per heavy atom. The van der Waals surface area contributed by atoms with Crippen LogP contribution in [0.4, 0.5) is 0 Å². The lowest BCUT2D eigenvalue weighted by molar-refractivity contribution is -0.147. The van der Waals surface area contributed by atoms with Gasteiger partial charge >= 0.3 is 0 Å². The fourth-order valence-corrected chi connectivity index (χ4v) is 11.1. The first-order valence-electron chi connectivity index (χ1n) is 15.7. The zero-order chi connectivity index (χ0) is 31.4. The first kappa shape index (κ1) is 33.2. The van der Waals surface area contributed by atoms with E-state index in [2.05, 4.69) is 34.0 Å². The van der Waals surface area contributed by atoms with Gasteiger partial charge in [-0.3, -0.25) is 19.3 Å². The summed E-state index contributed by atoms with van der Waals surface area (Å²) in [5, 5.41) is 10.3. The molecule has 4 saturated heterocycles. The molecule has 1 spiro atoms. The molecule has 11 heteroatoms. The number of fused-ring (bicyclic) bond motifs is 1. The van der Waals surface area contributed by atoms with Crippen molar-refractivity contribution in [3.63, 3.8) is 0 Å². The molecular formula is C33H45BrN4O5S. The van der Waals surface area contributed by atoms with Gasteiger partial charge in [-0.2, -0.15) is 0 Å². The van der Waals surface area contributed by atoms with Gasteiger partial charge in [0.15, 0.2) is 0 Å². The molecule has 4 heterocycles. The summed E-state index contributed by atoms with van der Waals surface area (Å²) >= 11 is 5.51. The standard InChI is InChI=1S/C33H45BrN4O5S/c1-4-12-36(15-14-35-16-18-43-19-17-35)32(42)29-33-20-25(34)28(44-33)26(27(33)31(41)38(29)24(6-3)22-39)30(40)37(13-5-2)21-23-10-8-7-9-11-23/h4-5,7-11,24-29,39H,1-2,6,12-22H2,3H3/t24-,25?,26+,27-,28+,29?,33?/m0/s1. The molecule has 9 nitrogen and oxygen atoms in total. The van der Waals surface area contributed by atoms with Gasteiger partial charge in [-0.1, -0.05) is 65.3 Å². The van der Waals surface area contributed by atoms with Crippen LogP contribution in [-0.4, -0.2) is 128 Å². The van der Waals surface area contributed by atoms with E-state index >= 15 is 0 Å². The summed E-state index contributed by atoms with van der Waals surface area (Å²) in [5.74, 6) is -1.65. The van der Waals surface area contributed by atoms with Crippen molar-refractivity contribution >= 4 is 45.4 Å². The zero-order valence-corrected chi connectivity index (χ0v) is 28.0. The third kappa shape index (κ3) is 6.15. The van der Waals surface area contributed by atoms with E-state index in [9.17, 15) is 19.5 Å². The van der Waals surface area contributed by atoms with Crippen molar-refractivity contribution in [2.24, 2.45) is 11.8 Å². The highest BCUT2D eigenvalue weighted by atomic mass is 79.9. The maximum absolute atomic E-state index is 14.7. The number of alkyl halides is 1. The molecule has 1 aromatic rings. The molecule has 4 fully saturated rings.